The first kappa shape index (κ1) is 21.8. The van der Waals surface area contributed by atoms with E-state index in [1.165, 1.54) is 4.90 Å². The van der Waals surface area contributed by atoms with E-state index < -0.39 is 0 Å². The van der Waals surface area contributed by atoms with Crippen LogP contribution in [0.2, 0.25) is 5.02 Å². The fourth-order valence-corrected chi connectivity index (χ4v) is 4.94. The average molecular weight is 443 g/mol. The van der Waals surface area contributed by atoms with E-state index in [0.29, 0.717) is 30.1 Å². The van der Waals surface area contributed by atoms with Crippen molar-refractivity contribution in [3.05, 3.63) is 64.7 Å². The van der Waals surface area contributed by atoms with Crippen molar-refractivity contribution in [3.8, 4) is 0 Å². The van der Waals surface area contributed by atoms with Gasteiger partial charge in [-0.05, 0) is 49.1 Å². The highest BCUT2D eigenvalue weighted by atomic mass is 35.5. The molecule has 1 heterocycles. The van der Waals surface area contributed by atoms with Crippen molar-refractivity contribution in [2.75, 3.05) is 19.1 Å². The number of ether oxygens (including phenoxy) is 2. The number of carbonyl (C=O) groups is 2. The summed E-state index contributed by atoms with van der Waals surface area (Å²) < 4.78 is 11.3. The molecule has 31 heavy (non-hydrogen) atoms. The summed E-state index contributed by atoms with van der Waals surface area (Å²) in [5.74, 6) is -0.591. The molecule has 164 valence electrons. The molecule has 2 aliphatic rings. The molecular formula is C24H27ClN2O4. The molecule has 2 aromatic carbocycles. The van der Waals surface area contributed by atoms with E-state index in [-0.39, 0.29) is 36.1 Å². The number of hydrogen-bond donors (Lipinski definition) is 0. The molecule has 4 rings (SSSR count). The second-order valence-electron chi connectivity index (χ2n) is 8.18. The zero-order chi connectivity index (χ0) is 22.1. The molecule has 3 amide bonds. The van der Waals surface area contributed by atoms with Crippen LogP contribution in [0.25, 0.3) is 0 Å². The Bertz CT molecular complexity index is 982. The lowest BCUT2D eigenvalue weighted by atomic mass is 9.77. The van der Waals surface area contributed by atoms with E-state index in [1.54, 1.807) is 38.5 Å². The van der Waals surface area contributed by atoms with Gasteiger partial charge in [-0.1, -0.05) is 41.9 Å². The minimum absolute atomic E-state index is 0.177. The monoisotopic (exact) mass is 442 g/mol. The summed E-state index contributed by atoms with van der Waals surface area (Å²) in [6, 6.07) is 14.3. The number of imide groups is 1. The number of fused-ring (bicyclic) bond motifs is 1. The topological polar surface area (TPSA) is 59.1 Å². The molecule has 6 nitrogen and oxygen atoms in total. The molecule has 0 N–H and O–H groups in total. The summed E-state index contributed by atoms with van der Waals surface area (Å²) in [4.78, 5) is 30.3. The first-order chi connectivity index (χ1) is 14.9. The normalized spacial score (nSPS) is 26.2. The van der Waals surface area contributed by atoms with E-state index in [9.17, 15) is 9.59 Å². The van der Waals surface area contributed by atoms with Crippen LogP contribution in [0.5, 0.6) is 0 Å². The summed E-state index contributed by atoms with van der Waals surface area (Å²) >= 11 is 6.17. The molecule has 7 heteroatoms. The quantitative estimate of drug-likeness (QED) is 0.687. The third kappa shape index (κ3) is 4.07. The minimum atomic E-state index is -0.378. The van der Waals surface area contributed by atoms with Gasteiger partial charge in [-0.25, -0.2) is 9.69 Å². The van der Waals surface area contributed by atoms with Crippen molar-refractivity contribution in [3.63, 3.8) is 0 Å². The number of amides is 3. The summed E-state index contributed by atoms with van der Waals surface area (Å²) in [5.41, 5.74) is 2.64. The Morgan fingerprint density at radius 2 is 1.71 bits per heavy atom. The van der Waals surface area contributed by atoms with Crippen molar-refractivity contribution >= 4 is 29.2 Å². The molecule has 1 aliphatic heterocycles. The minimum Gasteiger partial charge on any atom is -0.379 e. The molecule has 4 unspecified atom stereocenters. The largest absolute Gasteiger partial charge is 0.379 e. The zero-order valence-electron chi connectivity index (χ0n) is 18.0. The van der Waals surface area contributed by atoms with Crippen LogP contribution in [0.15, 0.2) is 48.5 Å². The summed E-state index contributed by atoms with van der Waals surface area (Å²) in [6.45, 7) is 2.45. The molecule has 0 radical (unpaired) electrons. The molecule has 1 saturated heterocycles. The van der Waals surface area contributed by atoms with Crippen LogP contribution < -0.4 is 4.90 Å². The van der Waals surface area contributed by atoms with Gasteiger partial charge in [0.05, 0.1) is 23.8 Å². The lowest BCUT2D eigenvalue weighted by molar-refractivity contribution is -0.137. The van der Waals surface area contributed by atoms with Crippen molar-refractivity contribution in [1.82, 2.24) is 4.90 Å². The van der Waals surface area contributed by atoms with E-state index in [1.807, 2.05) is 36.1 Å². The molecule has 0 aromatic heterocycles. The molecular weight excluding hydrogens is 416 g/mol. The van der Waals surface area contributed by atoms with Crippen LogP contribution >= 0.6 is 11.6 Å². The number of anilines is 1. The van der Waals surface area contributed by atoms with E-state index in [0.717, 1.165) is 11.1 Å². The van der Waals surface area contributed by atoms with Gasteiger partial charge in [0.25, 0.3) is 0 Å². The Kier molecular flexibility index (Phi) is 6.32. The predicted molar refractivity (Wildman–Crippen MR) is 119 cm³/mol. The Morgan fingerprint density at radius 1 is 1.00 bits per heavy atom. The van der Waals surface area contributed by atoms with Crippen LogP contribution in [0.4, 0.5) is 10.5 Å². The van der Waals surface area contributed by atoms with Crippen molar-refractivity contribution < 1.29 is 19.1 Å². The van der Waals surface area contributed by atoms with Gasteiger partial charge in [0.1, 0.15) is 0 Å². The standard InChI is InChI=1S/C24H27ClN2O4/c1-15-7-4-5-8-16(15)14-26-20-13-22(31-3)21(30-2)12-19(20)23(28)27(24(26)29)18-10-6-9-17(25)11-18/h4-11,19-22H,12-14H2,1-3H3. The summed E-state index contributed by atoms with van der Waals surface area (Å²) in [5, 5.41) is 0.475. The van der Waals surface area contributed by atoms with Crippen molar-refractivity contribution in [1.29, 1.82) is 0 Å². The number of rotatable bonds is 5. The van der Waals surface area contributed by atoms with Gasteiger partial charge in [-0.15, -0.1) is 0 Å². The number of methoxy groups -OCH3 is 2. The fraction of sp³-hybridized carbons (Fsp3) is 0.417. The highest BCUT2D eigenvalue weighted by Crippen LogP contribution is 2.39. The summed E-state index contributed by atoms with van der Waals surface area (Å²) in [7, 11) is 3.28. The number of carbonyl (C=O) groups excluding carboxylic acids is 2. The maximum atomic E-state index is 13.7. The molecule has 0 spiro atoms. The number of nitrogens with zero attached hydrogens (tertiary/aromatic N) is 2. The van der Waals surface area contributed by atoms with Gasteiger partial charge in [0.2, 0.25) is 5.91 Å². The fourth-order valence-electron chi connectivity index (χ4n) is 4.76. The SMILES string of the molecule is COC1CC2C(=O)N(c3cccc(Cl)c3)C(=O)N(Cc3ccccc3C)C2CC1OC. The Morgan fingerprint density at radius 3 is 2.39 bits per heavy atom. The van der Waals surface area contributed by atoms with Crippen LogP contribution in [-0.2, 0) is 20.8 Å². The molecule has 0 bridgehead atoms. The van der Waals surface area contributed by atoms with Crippen LogP contribution in [0.1, 0.15) is 24.0 Å². The number of aryl methyl sites for hydroxylation is 1. The van der Waals surface area contributed by atoms with Crippen LogP contribution in [-0.4, -0.2) is 49.3 Å². The van der Waals surface area contributed by atoms with E-state index in [4.69, 9.17) is 21.1 Å². The Hall–Kier alpha value is -2.41. The summed E-state index contributed by atoms with van der Waals surface area (Å²) in [6.07, 6.45) is 0.661. The van der Waals surface area contributed by atoms with Crippen LogP contribution in [0.3, 0.4) is 0 Å². The molecule has 1 saturated carbocycles. The number of urea groups is 1. The first-order valence-electron chi connectivity index (χ1n) is 10.4. The van der Waals surface area contributed by atoms with Gasteiger partial charge in [0.15, 0.2) is 0 Å². The smallest absolute Gasteiger partial charge is 0.331 e. The van der Waals surface area contributed by atoms with E-state index >= 15 is 0 Å². The third-order valence-electron chi connectivity index (χ3n) is 6.49. The van der Waals surface area contributed by atoms with Gasteiger partial charge in [-0.3, -0.25) is 4.79 Å². The first-order valence-corrected chi connectivity index (χ1v) is 10.8. The lowest BCUT2D eigenvalue weighted by Gasteiger charge is -2.50. The van der Waals surface area contributed by atoms with E-state index in [2.05, 4.69) is 0 Å². The zero-order valence-corrected chi connectivity index (χ0v) is 18.7. The maximum Gasteiger partial charge on any atom is 0.331 e. The number of halogens is 1. The third-order valence-corrected chi connectivity index (χ3v) is 6.72. The number of hydrogen-bond acceptors (Lipinski definition) is 4. The highest BCUT2D eigenvalue weighted by Gasteiger charge is 2.52. The molecule has 2 aromatic rings. The lowest BCUT2D eigenvalue weighted by Crippen LogP contribution is -2.65. The predicted octanol–water partition coefficient (Wildman–Crippen LogP) is 4.43. The molecule has 1 aliphatic carbocycles. The van der Waals surface area contributed by atoms with Gasteiger partial charge >= 0.3 is 6.03 Å². The van der Waals surface area contributed by atoms with Crippen molar-refractivity contribution in [2.24, 2.45) is 5.92 Å². The Balaban J connectivity index is 1.75. The second-order valence-corrected chi connectivity index (χ2v) is 8.62. The molecule has 2 fully saturated rings. The second kappa shape index (κ2) is 8.99. The number of benzene rings is 2. The Labute approximate surface area is 187 Å². The average Bonchev–Trinajstić information content (AvgIpc) is 2.77. The van der Waals surface area contributed by atoms with Gasteiger partial charge < -0.3 is 14.4 Å². The van der Waals surface area contributed by atoms with Gasteiger partial charge in [-0.2, -0.15) is 0 Å². The molecule has 4 atom stereocenters. The maximum absolute atomic E-state index is 13.7. The highest BCUT2D eigenvalue weighted by molar-refractivity contribution is 6.31. The van der Waals surface area contributed by atoms with Crippen molar-refractivity contribution in [2.45, 2.75) is 44.6 Å². The van der Waals surface area contributed by atoms with Crippen LogP contribution in [0, 0.1) is 12.8 Å². The van der Waals surface area contributed by atoms with Gasteiger partial charge in [0, 0.05) is 31.8 Å².